The molecule has 1 N–H and O–H groups in total. The van der Waals surface area contributed by atoms with E-state index in [1.54, 1.807) is 24.2 Å². The molecule has 15 heteroatoms. The molecule has 56 heavy (non-hydrogen) atoms. The Morgan fingerprint density at radius 1 is 1.04 bits per heavy atom. The SMILES string of the molecule is CC[C@H]1OC(=O)[C@@H](C)C(=O)[C@@H](C)[C@H](O[C@H]2O[C@@H](C)C[C@@H](N(C)C)[C@@H]2O)C(C)(OC)C[C@@H](C)C2=NN(CCCn3ncc4ccccc43)N3C(=O)O[C@@]1(C)[C@H]3[C@@H]2C. The molecule has 4 aliphatic heterocycles. The molecule has 1 aromatic heterocycles. The molecule has 3 saturated heterocycles. The van der Waals surface area contributed by atoms with Crippen molar-refractivity contribution in [2.75, 3.05) is 27.7 Å². The second-order valence-corrected chi connectivity index (χ2v) is 17.0. The first kappa shape index (κ1) is 42.0. The average Bonchev–Trinajstić information content (AvgIpc) is 3.70. The van der Waals surface area contributed by atoms with E-state index in [4.69, 9.17) is 28.8 Å². The molecule has 5 heterocycles. The van der Waals surface area contributed by atoms with Gasteiger partial charge in [-0.3, -0.25) is 14.3 Å². The molecule has 0 aliphatic carbocycles. The number of aryl methyl sites for hydroxylation is 1. The molecule has 0 spiro atoms. The fourth-order valence-corrected chi connectivity index (χ4v) is 9.68. The summed E-state index contributed by atoms with van der Waals surface area (Å²) in [7, 11) is 5.38. The van der Waals surface area contributed by atoms with Gasteiger partial charge in [0, 0.05) is 42.6 Å². The van der Waals surface area contributed by atoms with E-state index in [1.807, 2.05) is 88.8 Å². The minimum absolute atomic E-state index is 0.225. The quantitative estimate of drug-likeness (QED) is 0.278. The van der Waals surface area contributed by atoms with Crippen molar-refractivity contribution in [1.29, 1.82) is 0 Å². The van der Waals surface area contributed by atoms with Crippen LogP contribution in [0.25, 0.3) is 10.9 Å². The van der Waals surface area contributed by atoms with E-state index >= 15 is 0 Å². The summed E-state index contributed by atoms with van der Waals surface area (Å²) < 4.78 is 33.7. The lowest BCUT2D eigenvalue weighted by atomic mass is 9.73. The Labute approximate surface area is 330 Å². The lowest BCUT2D eigenvalue weighted by Gasteiger charge is -2.49. The predicted octanol–water partition coefficient (Wildman–Crippen LogP) is 4.65. The van der Waals surface area contributed by atoms with Crippen LogP contribution in [-0.2, 0) is 39.8 Å². The molecular weight excluding hydrogens is 720 g/mol. The molecule has 3 fully saturated rings. The molecule has 2 aromatic rings. The Bertz CT molecular complexity index is 1790. The molecule has 4 aliphatic rings. The van der Waals surface area contributed by atoms with Gasteiger partial charge in [0.15, 0.2) is 17.7 Å². The third kappa shape index (κ3) is 7.57. The number of hydrazine groups is 1. The number of aromatic nitrogens is 2. The highest BCUT2D eigenvalue weighted by atomic mass is 16.7. The molecule has 310 valence electrons. The van der Waals surface area contributed by atoms with E-state index in [0.29, 0.717) is 38.8 Å². The number of hydrogen-bond acceptors (Lipinski definition) is 13. The second-order valence-electron chi connectivity index (χ2n) is 17.0. The summed E-state index contributed by atoms with van der Waals surface area (Å²) in [4.78, 5) is 44.2. The Hall–Kier alpha value is -3.63. The van der Waals surface area contributed by atoms with Gasteiger partial charge >= 0.3 is 12.1 Å². The number of rotatable bonds is 9. The fourth-order valence-electron chi connectivity index (χ4n) is 9.68. The smallest absolute Gasteiger partial charge is 0.431 e. The van der Waals surface area contributed by atoms with E-state index in [1.165, 1.54) is 6.92 Å². The van der Waals surface area contributed by atoms with Crippen molar-refractivity contribution in [2.45, 2.75) is 142 Å². The molecular formula is C41H62N6O9. The van der Waals surface area contributed by atoms with Crippen molar-refractivity contribution >= 4 is 34.5 Å². The number of carbonyl (C=O) groups excluding carboxylic acids is 3. The second kappa shape index (κ2) is 16.3. The number of nitrogens with zero attached hydrogens (tertiary/aromatic N) is 6. The molecule has 0 saturated carbocycles. The number of para-hydroxylation sites is 1. The zero-order chi connectivity index (χ0) is 40.9. The van der Waals surface area contributed by atoms with E-state index < -0.39 is 71.5 Å². The molecule has 6 rings (SSSR count). The third-order valence-corrected chi connectivity index (χ3v) is 12.8. The summed E-state index contributed by atoms with van der Waals surface area (Å²) >= 11 is 0. The summed E-state index contributed by atoms with van der Waals surface area (Å²) in [6, 6.07) is 7.19. The number of cyclic esters (lactones) is 1. The molecule has 0 radical (unpaired) electrons. The van der Waals surface area contributed by atoms with Gasteiger partial charge in [0.05, 0.1) is 36.1 Å². The predicted molar refractivity (Wildman–Crippen MR) is 208 cm³/mol. The topological polar surface area (TPSA) is 157 Å². The zero-order valence-electron chi connectivity index (χ0n) is 34.9. The molecule has 1 amide bonds. The number of carbonyl (C=O) groups is 3. The number of ether oxygens (including phenoxy) is 5. The van der Waals surface area contributed by atoms with Crippen molar-refractivity contribution in [1.82, 2.24) is 24.8 Å². The maximum atomic E-state index is 14.3. The van der Waals surface area contributed by atoms with Crippen LogP contribution in [0.1, 0.15) is 81.1 Å². The Kier molecular flexibility index (Phi) is 12.2. The number of fused-ring (bicyclic) bond motifs is 2. The van der Waals surface area contributed by atoms with Gasteiger partial charge in [-0.15, -0.1) is 0 Å². The van der Waals surface area contributed by atoms with Gasteiger partial charge in [-0.25, -0.2) is 4.79 Å². The highest BCUT2D eigenvalue weighted by molar-refractivity contribution is 6.00. The van der Waals surface area contributed by atoms with Gasteiger partial charge < -0.3 is 33.7 Å². The van der Waals surface area contributed by atoms with Crippen LogP contribution in [0.15, 0.2) is 35.6 Å². The summed E-state index contributed by atoms with van der Waals surface area (Å²) in [6.07, 6.45) is -0.933. The van der Waals surface area contributed by atoms with Crippen LogP contribution < -0.4 is 0 Å². The van der Waals surface area contributed by atoms with Gasteiger partial charge in [-0.1, -0.05) is 45.9 Å². The van der Waals surface area contributed by atoms with Crippen LogP contribution in [0.3, 0.4) is 0 Å². The Balaban J connectivity index is 1.40. The van der Waals surface area contributed by atoms with Crippen molar-refractivity contribution in [3.8, 4) is 0 Å². The maximum Gasteiger partial charge on any atom is 0.431 e. The molecule has 2 bridgehead atoms. The number of esters is 1. The third-order valence-electron chi connectivity index (χ3n) is 12.8. The van der Waals surface area contributed by atoms with Crippen LogP contribution >= 0.6 is 0 Å². The van der Waals surface area contributed by atoms with Crippen LogP contribution in [0.2, 0.25) is 0 Å². The largest absolute Gasteiger partial charge is 0.457 e. The Morgan fingerprint density at radius 3 is 2.43 bits per heavy atom. The average molecular weight is 783 g/mol. The number of ketones is 1. The Morgan fingerprint density at radius 2 is 1.75 bits per heavy atom. The summed E-state index contributed by atoms with van der Waals surface area (Å²) in [5.74, 6) is -3.76. The van der Waals surface area contributed by atoms with Gasteiger partial charge in [-0.2, -0.15) is 20.3 Å². The first-order valence-corrected chi connectivity index (χ1v) is 20.2. The van der Waals surface area contributed by atoms with Crippen LogP contribution in [0.4, 0.5) is 4.79 Å². The minimum Gasteiger partial charge on any atom is -0.457 e. The number of hydrazone groups is 1. The summed E-state index contributed by atoms with van der Waals surface area (Å²) in [5, 5.41) is 25.6. The van der Waals surface area contributed by atoms with Crippen LogP contribution in [0, 0.1) is 23.7 Å². The highest BCUT2D eigenvalue weighted by Crippen LogP contribution is 2.45. The lowest BCUT2D eigenvalue weighted by molar-refractivity contribution is -0.295. The minimum atomic E-state index is -1.26. The van der Waals surface area contributed by atoms with E-state index in [-0.39, 0.29) is 24.0 Å². The zero-order valence-corrected chi connectivity index (χ0v) is 34.9. The summed E-state index contributed by atoms with van der Waals surface area (Å²) in [6.45, 7) is 15.8. The molecule has 13 atom stereocenters. The number of hydrogen-bond donors (Lipinski definition) is 1. The lowest BCUT2D eigenvalue weighted by Crippen LogP contribution is -2.63. The number of aliphatic hydroxyl groups is 1. The normalized spacial score (nSPS) is 38.4. The maximum absolute atomic E-state index is 14.3. The molecule has 1 aromatic carbocycles. The number of methoxy groups -OCH3 is 1. The fraction of sp³-hybridized carbons (Fsp3) is 0.732. The standard InChI is InChI=1S/C41H62N6O9/c1-12-31-41(8)35-25(4)32(43-46(47(35)39(51)56-41)19-15-18-45-29-17-14-13-16-28(29)22-42-45)23(2)21-40(7,52-11)36(26(5)33(48)27(6)37(50)54-31)55-38-34(49)30(44(9)10)20-24(3)53-38/h13-14,16-17,22-27,30-31,34-36,38,49H,12,15,18-21H2,1-11H3/t23-,24+,25-,26-,27+,30-,31-,34+,35-,36+,38-,40?,41-/m1/s1. The van der Waals surface area contributed by atoms with Gasteiger partial charge in [0.25, 0.3) is 0 Å². The van der Waals surface area contributed by atoms with Crippen molar-refractivity contribution in [3.63, 3.8) is 0 Å². The monoisotopic (exact) mass is 782 g/mol. The van der Waals surface area contributed by atoms with Crippen LogP contribution in [0.5, 0.6) is 0 Å². The molecule has 1 unspecified atom stereocenters. The van der Waals surface area contributed by atoms with Gasteiger partial charge in [0.1, 0.15) is 24.2 Å². The van der Waals surface area contributed by atoms with Crippen LogP contribution in [-0.4, -0.2) is 135 Å². The van der Waals surface area contributed by atoms with Crippen molar-refractivity contribution < 1.29 is 43.2 Å². The first-order valence-electron chi connectivity index (χ1n) is 20.2. The van der Waals surface area contributed by atoms with E-state index in [2.05, 4.69) is 12.0 Å². The molecule has 15 nitrogen and oxygen atoms in total. The number of aliphatic hydroxyl groups excluding tert-OH is 1. The number of Topliss-reactive ketones (excluding diaryl/α,β-unsaturated/α-hetero) is 1. The highest BCUT2D eigenvalue weighted by Gasteiger charge is 2.63. The van der Waals surface area contributed by atoms with Gasteiger partial charge in [-0.05, 0) is 79.5 Å². The first-order chi connectivity index (χ1) is 26.4. The van der Waals surface area contributed by atoms with Gasteiger partial charge in [0.2, 0.25) is 0 Å². The summed E-state index contributed by atoms with van der Waals surface area (Å²) in [5.41, 5.74) is -0.570. The van der Waals surface area contributed by atoms with Crippen molar-refractivity contribution in [2.24, 2.45) is 28.8 Å². The number of benzene rings is 1. The number of likely N-dealkylation sites (N-methyl/N-ethyl adjacent to an activating group) is 1. The van der Waals surface area contributed by atoms with Crippen molar-refractivity contribution in [3.05, 3.63) is 30.5 Å². The van der Waals surface area contributed by atoms with E-state index in [0.717, 1.165) is 16.6 Å². The van der Waals surface area contributed by atoms with E-state index in [9.17, 15) is 19.5 Å². The number of amides is 1.